The van der Waals surface area contributed by atoms with E-state index in [1.807, 2.05) is 55.5 Å². The fraction of sp³-hybridized carbons (Fsp3) is 0.176. The zero-order chi connectivity index (χ0) is 14.1. The first-order valence-electron chi connectivity index (χ1n) is 6.75. The molecule has 20 heavy (non-hydrogen) atoms. The van der Waals surface area contributed by atoms with Gasteiger partial charge in [0.05, 0.1) is 0 Å². The van der Waals surface area contributed by atoms with Gasteiger partial charge in [-0.25, -0.2) is 0 Å². The van der Waals surface area contributed by atoms with Crippen LogP contribution in [0.4, 0.5) is 0 Å². The zero-order valence-electron chi connectivity index (χ0n) is 11.4. The first kappa shape index (κ1) is 12.9. The molecular weight excluding hydrogens is 248 g/mol. The monoisotopic (exact) mass is 266 g/mol. The van der Waals surface area contributed by atoms with E-state index in [9.17, 15) is 5.11 Å². The van der Waals surface area contributed by atoms with Crippen LogP contribution in [0.3, 0.4) is 0 Å². The van der Waals surface area contributed by atoms with Crippen LogP contribution in [0.15, 0.2) is 48.5 Å². The predicted molar refractivity (Wildman–Crippen MR) is 81.4 cm³/mol. The van der Waals surface area contributed by atoms with Crippen molar-refractivity contribution in [2.45, 2.75) is 19.6 Å². The standard InChI is InChI=1S/C17H18N2O/c1-11-16(14-4-2-3-5-15(14)19-11)17(20)13-8-6-12(10-18)7-9-13/h2-9,17,19-20H,10,18H2,1H3. The van der Waals surface area contributed by atoms with E-state index in [2.05, 4.69) is 4.98 Å². The highest BCUT2D eigenvalue weighted by Gasteiger charge is 2.17. The fourth-order valence-electron chi connectivity index (χ4n) is 2.65. The lowest BCUT2D eigenvalue weighted by Gasteiger charge is -2.12. The maximum Gasteiger partial charge on any atom is 0.106 e. The average molecular weight is 266 g/mol. The maximum atomic E-state index is 10.7. The number of nitrogens with one attached hydrogen (secondary N) is 1. The van der Waals surface area contributed by atoms with Crippen molar-refractivity contribution >= 4 is 10.9 Å². The van der Waals surface area contributed by atoms with E-state index in [0.717, 1.165) is 33.3 Å². The Labute approximate surface area is 118 Å². The molecule has 3 rings (SSSR count). The number of hydrogen-bond acceptors (Lipinski definition) is 2. The van der Waals surface area contributed by atoms with Gasteiger partial charge in [0.25, 0.3) is 0 Å². The second-order valence-electron chi connectivity index (χ2n) is 5.06. The Kier molecular flexibility index (Phi) is 3.30. The molecule has 0 saturated carbocycles. The Hall–Kier alpha value is -2.10. The van der Waals surface area contributed by atoms with Gasteiger partial charge in [0.15, 0.2) is 0 Å². The normalized spacial score (nSPS) is 12.8. The van der Waals surface area contributed by atoms with Gasteiger partial charge in [0.1, 0.15) is 6.10 Å². The third-order valence-corrected chi connectivity index (χ3v) is 3.75. The molecule has 0 bridgehead atoms. The van der Waals surface area contributed by atoms with Gasteiger partial charge in [-0.15, -0.1) is 0 Å². The minimum atomic E-state index is -0.627. The van der Waals surface area contributed by atoms with Gasteiger partial charge in [-0.1, -0.05) is 42.5 Å². The lowest BCUT2D eigenvalue weighted by molar-refractivity contribution is 0.221. The Morgan fingerprint density at radius 2 is 1.80 bits per heavy atom. The van der Waals surface area contributed by atoms with E-state index in [0.29, 0.717) is 6.54 Å². The second kappa shape index (κ2) is 5.12. The van der Waals surface area contributed by atoms with Crippen LogP contribution >= 0.6 is 0 Å². The van der Waals surface area contributed by atoms with Crippen LogP contribution in [0.25, 0.3) is 10.9 Å². The van der Waals surface area contributed by atoms with Crippen molar-refractivity contribution in [1.82, 2.24) is 4.98 Å². The van der Waals surface area contributed by atoms with Crippen molar-refractivity contribution < 1.29 is 5.11 Å². The Morgan fingerprint density at radius 1 is 1.10 bits per heavy atom. The van der Waals surface area contributed by atoms with Crippen molar-refractivity contribution in [1.29, 1.82) is 0 Å². The summed E-state index contributed by atoms with van der Waals surface area (Å²) >= 11 is 0. The average Bonchev–Trinajstić information content (AvgIpc) is 2.82. The van der Waals surface area contributed by atoms with Gasteiger partial charge in [-0.3, -0.25) is 0 Å². The van der Waals surface area contributed by atoms with Crippen molar-refractivity contribution in [3.8, 4) is 0 Å². The van der Waals surface area contributed by atoms with Gasteiger partial charge in [-0.2, -0.15) is 0 Å². The third kappa shape index (κ3) is 2.11. The van der Waals surface area contributed by atoms with E-state index in [-0.39, 0.29) is 0 Å². The number of benzene rings is 2. The molecule has 0 saturated heterocycles. The van der Waals surface area contributed by atoms with Crippen LogP contribution < -0.4 is 5.73 Å². The number of aliphatic hydroxyl groups is 1. The number of para-hydroxylation sites is 1. The summed E-state index contributed by atoms with van der Waals surface area (Å²) in [6, 6.07) is 15.8. The van der Waals surface area contributed by atoms with Gasteiger partial charge in [0, 0.05) is 28.7 Å². The summed E-state index contributed by atoms with van der Waals surface area (Å²) in [4.78, 5) is 3.32. The summed E-state index contributed by atoms with van der Waals surface area (Å²) in [7, 11) is 0. The van der Waals surface area contributed by atoms with Crippen molar-refractivity contribution in [3.05, 3.63) is 70.9 Å². The highest BCUT2D eigenvalue weighted by molar-refractivity contribution is 5.85. The van der Waals surface area contributed by atoms with Gasteiger partial charge < -0.3 is 15.8 Å². The number of H-pyrrole nitrogens is 1. The SMILES string of the molecule is Cc1[nH]c2ccccc2c1C(O)c1ccc(CN)cc1. The Bertz CT molecular complexity index is 728. The molecule has 1 atom stereocenters. The molecule has 0 aliphatic rings. The molecule has 0 aliphatic carbocycles. The molecule has 4 N–H and O–H groups in total. The van der Waals surface area contributed by atoms with E-state index in [4.69, 9.17) is 5.73 Å². The molecule has 1 heterocycles. The molecule has 3 heteroatoms. The van der Waals surface area contributed by atoms with E-state index < -0.39 is 6.10 Å². The second-order valence-corrected chi connectivity index (χ2v) is 5.06. The topological polar surface area (TPSA) is 62.0 Å². The predicted octanol–water partition coefficient (Wildman–Crippen LogP) is 3.02. The summed E-state index contributed by atoms with van der Waals surface area (Å²) in [6.07, 6.45) is -0.627. The highest BCUT2D eigenvalue weighted by atomic mass is 16.3. The third-order valence-electron chi connectivity index (χ3n) is 3.75. The largest absolute Gasteiger partial charge is 0.384 e. The summed E-state index contributed by atoms with van der Waals surface area (Å²) < 4.78 is 0. The molecule has 2 aromatic carbocycles. The van der Waals surface area contributed by atoms with E-state index in [1.165, 1.54) is 0 Å². The molecule has 0 aliphatic heterocycles. The van der Waals surface area contributed by atoms with Crippen LogP contribution in [0.1, 0.15) is 28.5 Å². The molecule has 3 aromatic rings. The van der Waals surface area contributed by atoms with Crippen molar-refractivity contribution in [2.24, 2.45) is 5.73 Å². The molecule has 1 unspecified atom stereocenters. The first-order valence-corrected chi connectivity index (χ1v) is 6.75. The molecular formula is C17H18N2O. The number of fused-ring (bicyclic) bond motifs is 1. The molecule has 0 spiro atoms. The zero-order valence-corrected chi connectivity index (χ0v) is 11.4. The van der Waals surface area contributed by atoms with Crippen LogP contribution in [0.5, 0.6) is 0 Å². The summed E-state index contributed by atoms with van der Waals surface area (Å²) in [6.45, 7) is 2.51. The van der Waals surface area contributed by atoms with Crippen LogP contribution in [0, 0.1) is 6.92 Å². The van der Waals surface area contributed by atoms with Gasteiger partial charge in [0.2, 0.25) is 0 Å². The Balaban J connectivity index is 2.07. The molecule has 0 amide bonds. The molecule has 102 valence electrons. The first-order chi connectivity index (χ1) is 9.70. The van der Waals surface area contributed by atoms with Crippen LogP contribution in [-0.4, -0.2) is 10.1 Å². The number of aromatic amines is 1. The number of aryl methyl sites for hydroxylation is 1. The molecule has 0 fully saturated rings. The fourth-order valence-corrected chi connectivity index (χ4v) is 2.65. The maximum absolute atomic E-state index is 10.7. The number of rotatable bonds is 3. The van der Waals surface area contributed by atoms with E-state index in [1.54, 1.807) is 0 Å². The lowest BCUT2D eigenvalue weighted by atomic mass is 9.98. The summed E-state index contributed by atoms with van der Waals surface area (Å²) in [5, 5.41) is 11.7. The number of aromatic nitrogens is 1. The van der Waals surface area contributed by atoms with Crippen molar-refractivity contribution in [2.75, 3.05) is 0 Å². The minimum Gasteiger partial charge on any atom is -0.384 e. The Morgan fingerprint density at radius 3 is 2.50 bits per heavy atom. The quantitative estimate of drug-likeness (QED) is 0.682. The number of aliphatic hydroxyl groups excluding tert-OH is 1. The highest BCUT2D eigenvalue weighted by Crippen LogP contribution is 2.31. The smallest absolute Gasteiger partial charge is 0.106 e. The minimum absolute atomic E-state index is 0.516. The van der Waals surface area contributed by atoms with Crippen molar-refractivity contribution in [3.63, 3.8) is 0 Å². The van der Waals surface area contributed by atoms with Crippen LogP contribution in [0.2, 0.25) is 0 Å². The van der Waals surface area contributed by atoms with E-state index >= 15 is 0 Å². The number of hydrogen-bond donors (Lipinski definition) is 3. The number of nitrogens with two attached hydrogens (primary N) is 1. The summed E-state index contributed by atoms with van der Waals surface area (Å²) in [5.74, 6) is 0. The lowest BCUT2D eigenvalue weighted by Crippen LogP contribution is -2.02. The molecule has 1 aromatic heterocycles. The summed E-state index contributed by atoms with van der Waals surface area (Å²) in [5.41, 5.74) is 10.6. The molecule has 3 nitrogen and oxygen atoms in total. The van der Waals surface area contributed by atoms with Gasteiger partial charge >= 0.3 is 0 Å². The molecule has 0 radical (unpaired) electrons. The van der Waals surface area contributed by atoms with Crippen LogP contribution in [-0.2, 0) is 6.54 Å². The van der Waals surface area contributed by atoms with Gasteiger partial charge in [-0.05, 0) is 24.1 Å².